The number of ether oxygens (including phenoxy) is 2. The van der Waals surface area contributed by atoms with E-state index in [1.807, 2.05) is 0 Å². The summed E-state index contributed by atoms with van der Waals surface area (Å²) in [6.07, 6.45) is 3.08. The van der Waals surface area contributed by atoms with E-state index in [0.717, 1.165) is 5.56 Å². The van der Waals surface area contributed by atoms with Crippen molar-refractivity contribution in [2.45, 2.75) is 0 Å². The van der Waals surface area contributed by atoms with E-state index in [-0.39, 0.29) is 11.5 Å². The molecule has 0 radical (unpaired) electrons. The zero-order valence-electron chi connectivity index (χ0n) is 12.2. The Morgan fingerprint density at radius 3 is 1.82 bits per heavy atom. The van der Waals surface area contributed by atoms with Gasteiger partial charge in [-0.25, -0.2) is 0 Å². The zero-order chi connectivity index (χ0) is 15.9. The van der Waals surface area contributed by atoms with E-state index in [2.05, 4.69) is 10.2 Å². The average Bonchev–Trinajstić information content (AvgIpc) is 2.54. The van der Waals surface area contributed by atoms with Crippen molar-refractivity contribution < 1.29 is 19.7 Å². The molecule has 0 aromatic heterocycles. The van der Waals surface area contributed by atoms with Crippen molar-refractivity contribution in [3.63, 3.8) is 0 Å². The molecule has 0 unspecified atom stereocenters. The number of phenols is 2. The lowest BCUT2D eigenvalue weighted by Crippen LogP contribution is -1.92. The molecule has 0 heterocycles. The topological polar surface area (TPSA) is 83.6 Å². The van der Waals surface area contributed by atoms with Crippen molar-refractivity contribution >= 4 is 12.4 Å². The molecule has 0 spiro atoms. The second-order valence-corrected chi connectivity index (χ2v) is 4.35. The first kappa shape index (κ1) is 15.4. The maximum absolute atomic E-state index is 9.81. The van der Waals surface area contributed by atoms with Crippen molar-refractivity contribution in [2.75, 3.05) is 14.2 Å². The number of benzene rings is 2. The smallest absolute Gasteiger partial charge is 0.200 e. The quantitative estimate of drug-likeness (QED) is 0.656. The van der Waals surface area contributed by atoms with E-state index in [1.54, 1.807) is 42.6 Å². The Morgan fingerprint density at radius 2 is 1.32 bits per heavy atom. The predicted octanol–water partition coefficient (Wildman–Crippen LogP) is 2.57. The predicted molar refractivity (Wildman–Crippen MR) is 84.5 cm³/mol. The lowest BCUT2D eigenvalue weighted by atomic mass is 10.2. The molecule has 0 fully saturated rings. The van der Waals surface area contributed by atoms with Crippen molar-refractivity contribution in [1.82, 2.24) is 0 Å². The third-order valence-corrected chi connectivity index (χ3v) is 2.88. The van der Waals surface area contributed by atoms with Crippen LogP contribution in [0.4, 0.5) is 0 Å². The van der Waals surface area contributed by atoms with Crippen molar-refractivity contribution in [3.05, 3.63) is 47.5 Å². The monoisotopic (exact) mass is 300 g/mol. The van der Waals surface area contributed by atoms with Crippen LogP contribution in [0.3, 0.4) is 0 Å². The summed E-state index contributed by atoms with van der Waals surface area (Å²) in [5, 5.41) is 26.8. The molecule has 0 saturated heterocycles. The fourth-order valence-electron chi connectivity index (χ4n) is 1.75. The largest absolute Gasteiger partial charge is 0.508 e. The van der Waals surface area contributed by atoms with Gasteiger partial charge in [-0.3, -0.25) is 0 Å². The van der Waals surface area contributed by atoms with E-state index < -0.39 is 0 Å². The second-order valence-electron chi connectivity index (χ2n) is 4.35. The summed E-state index contributed by atoms with van der Waals surface area (Å²) in [6.45, 7) is 0. The maximum atomic E-state index is 9.81. The van der Waals surface area contributed by atoms with Gasteiger partial charge in [-0.2, -0.15) is 10.2 Å². The van der Waals surface area contributed by atoms with Gasteiger partial charge >= 0.3 is 0 Å². The summed E-state index contributed by atoms with van der Waals surface area (Å²) in [4.78, 5) is 0. The van der Waals surface area contributed by atoms with E-state index in [1.165, 1.54) is 20.4 Å². The number of rotatable bonds is 5. The first-order valence-corrected chi connectivity index (χ1v) is 6.44. The molecule has 6 heteroatoms. The molecule has 22 heavy (non-hydrogen) atoms. The third kappa shape index (κ3) is 3.76. The van der Waals surface area contributed by atoms with Crippen LogP contribution in [-0.4, -0.2) is 36.9 Å². The molecule has 0 saturated carbocycles. The molecule has 2 aromatic carbocycles. The normalized spacial score (nSPS) is 11.2. The van der Waals surface area contributed by atoms with Gasteiger partial charge in [0.05, 0.1) is 26.6 Å². The summed E-state index contributed by atoms with van der Waals surface area (Å²) in [5.74, 6) is 0.727. The Hall–Kier alpha value is -3.02. The van der Waals surface area contributed by atoms with Crippen molar-refractivity contribution in [2.24, 2.45) is 10.2 Å². The van der Waals surface area contributed by atoms with Gasteiger partial charge in [-0.1, -0.05) is 0 Å². The average molecular weight is 300 g/mol. The van der Waals surface area contributed by atoms with Crippen LogP contribution in [0.25, 0.3) is 0 Å². The molecular formula is C16H16N2O4. The Labute approximate surface area is 128 Å². The number of hydrogen-bond donors (Lipinski definition) is 2. The minimum Gasteiger partial charge on any atom is -0.508 e. The zero-order valence-corrected chi connectivity index (χ0v) is 12.2. The number of hydrogen-bond acceptors (Lipinski definition) is 6. The Bertz CT molecular complexity index is 669. The van der Waals surface area contributed by atoms with Gasteiger partial charge in [-0.15, -0.1) is 0 Å². The first-order valence-electron chi connectivity index (χ1n) is 6.44. The molecule has 0 bridgehead atoms. The van der Waals surface area contributed by atoms with E-state index in [4.69, 9.17) is 9.47 Å². The first-order chi connectivity index (χ1) is 10.6. The van der Waals surface area contributed by atoms with Gasteiger partial charge in [0, 0.05) is 5.56 Å². The molecule has 2 rings (SSSR count). The summed E-state index contributed by atoms with van der Waals surface area (Å²) in [7, 11) is 2.91. The molecule has 114 valence electrons. The molecule has 0 aliphatic heterocycles. The number of aromatic hydroxyl groups is 2. The van der Waals surface area contributed by atoms with Gasteiger partial charge in [0.2, 0.25) is 5.75 Å². The van der Waals surface area contributed by atoms with Gasteiger partial charge in [0.1, 0.15) is 5.75 Å². The molecular weight excluding hydrogens is 284 g/mol. The van der Waals surface area contributed by atoms with Crippen LogP contribution >= 0.6 is 0 Å². The minimum absolute atomic E-state index is 0.0604. The van der Waals surface area contributed by atoms with Gasteiger partial charge in [-0.05, 0) is 42.0 Å². The van der Waals surface area contributed by atoms with Crippen LogP contribution in [0.1, 0.15) is 11.1 Å². The Morgan fingerprint density at radius 1 is 0.818 bits per heavy atom. The lowest BCUT2D eigenvalue weighted by Gasteiger charge is -2.08. The standard InChI is InChI=1S/C16H16N2O4/c1-21-14-7-12(8-15(22-2)16(14)20)10-18-17-9-11-3-5-13(19)6-4-11/h3-10,19-20H,1-2H3. The summed E-state index contributed by atoms with van der Waals surface area (Å²) < 4.78 is 10.1. The maximum Gasteiger partial charge on any atom is 0.200 e. The Balaban J connectivity index is 2.14. The van der Waals surface area contributed by atoms with Crippen molar-refractivity contribution in [1.29, 1.82) is 0 Å². The molecule has 2 N–H and O–H groups in total. The number of phenolic OH excluding ortho intramolecular Hbond substituents is 2. The van der Waals surface area contributed by atoms with Gasteiger partial charge < -0.3 is 19.7 Å². The molecule has 0 aliphatic rings. The fraction of sp³-hybridized carbons (Fsp3) is 0.125. The third-order valence-electron chi connectivity index (χ3n) is 2.88. The number of methoxy groups -OCH3 is 2. The van der Waals surface area contributed by atoms with E-state index >= 15 is 0 Å². The SMILES string of the molecule is COc1cc(C=NN=Cc2ccc(O)cc2)cc(OC)c1O. The van der Waals surface area contributed by atoms with Crippen LogP contribution in [0.15, 0.2) is 46.6 Å². The van der Waals surface area contributed by atoms with Crippen LogP contribution in [0.2, 0.25) is 0 Å². The van der Waals surface area contributed by atoms with E-state index in [0.29, 0.717) is 17.1 Å². The fourth-order valence-corrected chi connectivity index (χ4v) is 1.75. The minimum atomic E-state index is -0.0604. The summed E-state index contributed by atoms with van der Waals surface area (Å²) in [6, 6.07) is 9.83. The highest BCUT2D eigenvalue weighted by Crippen LogP contribution is 2.36. The van der Waals surface area contributed by atoms with Crippen molar-refractivity contribution in [3.8, 4) is 23.0 Å². The van der Waals surface area contributed by atoms with E-state index in [9.17, 15) is 10.2 Å². The molecule has 6 nitrogen and oxygen atoms in total. The summed E-state index contributed by atoms with van der Waals surface area (Å²) in [5.41, 5.74) is 1.49. The molecule has 0 aliphatic carbocycles. The Kier molecular flexibility index (Phi) is 4.98. The van der Waals surface area contributed by atoms with Crippen LogP contribution in [0, 0.1) is 0 Å². The molecule has 2 aromatic rings. The molecule has 0 atom stereocenters. The highest BCUT2D eigenvalue weighted by atomic mass is 16.5. The van der Waals surface area contributed by atoms with Crippen LogP contribution in [-0.2, 0) is 0 Å². The number of nitrogens with zero attached hydrogens (tertiary/aromatic N) is 2. The highest BCUT2D eigenvalue weighted by Gasteiger charge is 2.09. The molecule has 0 amide bonds. The van der Waals surface area contributed by atoms with Crippen LogP contribution < -0.4 is 9.47 Å². The lowest BCUT2D eigenvalue weighted by molar-refractivity contribution is 0.340. The summed E-state index contributed by atoms with van der Waals surface area (Å²) >= 11 is 0. The second kappa shape index (κ2) is 7.12. The van der Waals surface area contributed by atoms with Gasteiger partial charge in [0.15, 0.2) is 11.5 Å². The van der Waals surface area contributed by atoms with Crippen LogP contribution in [0.5, 0.6) is 23.0 Å². The van der Waals surface area contributed by atoms with Gasteiger partial charge in [0.25, 0.3) is 0 Å². The highest BCUT2D eigenvalue weighted by molar-refractivity contribution is 5.84.